The Kier molecular flexibility index (Phi) is 4.66. The van der Waals surface area contributed by atoms with E-state index >= 15 is 0 Å². The second kappa shape index (κ2) is 6.02. The maximum Gasteiger partial charge on any atom is 0.330 e. The van der Waals surface area contributed by atoms with Crippen LogP contribution >= 0.6 is 0 Å². The Morgan fingerprint density at radius 2 is 2.31 bits per heavy atom. The molecule has 0 heterocycles. The van der Waals surface area contributed by atoms with E-state index in [1.807, 2.05) is 0 Å². The highest BCUT2D eigenvalue weighted by atomic mass is 19.1. The Hall–Kier alpha value is -1.68. The van der Waals surface area contributed by atoms with Crippen molar-refractivity contribution in [2.45, 2.75) is 13.5 Å². The highest BCUT2D eigenvalue weighted by molar-refractivity contribution is 5.87. The number of hydrogen-bond donors (Lipinski definition) is 1. The summed E-state index contributed by atoms with van der Waals surface area (Å²) >= 11 is 0. The fraction of sp³-hybridized carbons (Fsp3) is 0.250. The van der Waals surface area contributed by atoms with E-state index in [2.05, 4.69) is 4.74 Å². The number of aliphatic hydroxyl groups excluding tert-OH is 1. The van der Waals surface area contributed by atoms with Crippen LogP contribution in [0.4, 0.5) is 4.39 Å². The minimum atomic E-state index is -0.492. The molecule has 0 fully saturated rings. The van der Waals surface area contributed by atoms with Gasteiger partial charge >= 0.3 is 5.97 Å². The summed E-state index contributed by atoms with van der Waals surface area (Å²) in [6.07, 6.45) is 2.69. The average molecular weight is 224 g/mol. The summed E-state index contributed by atoms with van der Waals surface area (Å²) < 4.78 is 17.9. The first-order valence-electron chi connectivity index (χ1n) is 4.91. The van der Waals surface area contributed by atoms with E-state index in [9.17, 15) is 9.18 Å². The van der Waals surface area contributed by atoms with E-state index in [1.165, 1.54) is 24.3 Å². The lowest BCUT2D eigenvalue weighted by molar-refractivity contribution is -0.137. The number of aliphatic hydroxyl groups is 1. The van der Waals surface area contributed by atoms with Crippen molar-refractivity contribution in [2.24, 2.45) is 0 Å². The Morgan fingerprint density at radius 3 is 2.88 bits per heavy atom. The summed E-state index contributed by atoms with van der Waals surface area (Å²) in [7, 11) is 0. The molecular formula is C12H13FO3. The lowest BCUT2D eigenvalue weighted by atomic mass is 10.1. The van der Waals surface area contributed by atoms with Gasteiger partial charge in [-0.05, 0) is 24.6 Å². The van der Waals surface area contributed by atoms with Crippen LogP contribution in [0.2, 0.25) is 0 Å². The van der Waals surface area contributed by atoms with Gasteiger partial charge < -0.3 is 9.84 Å². The van der Waals surface area contributed by atoms with Gasteiger partial charge in [0, 0.05) is 11.6 Å². The normalized spacial score (nSPS) is 10.7. The molecule has 0 unspecified atom stereocenters. The van der Waals surface area contributed by atoms with Gasteiger partial charge in [0.1, 0.15) is 5.82 Å². The molecule has 0 saturated carbocycles. The molecule has 4 heteroatoms. The third-order valence-electron chi connectivity index (χ3n) is 1.95. The lowest BCUT2D eigenvalue weighted by Gasteiger charge is -2.00. The summed E-state index contributed by atoms with van der Waals surface area (Å²) in [6, 6.07) is 4.34. The molecule has 0 aromatic heterocycles. The first-order chi connectivity index (χ1) is 7.67. The summed E-state index contributed by atoms with van der Waals surface area (Å²) in [5, 5.41) is 8.77. The Bertz CT molecular complexity index is 399. The smallest absolute Gasteiger partial charge is 0.330 e. The quantitative estimate of drug-likeness (QED) is 0.627. The van der Waals surface area contributed by atoms with Crippen LogP contribution in [0.5, 0.6) is 0 Å². The molecule has 1 aromatic rings. The summed E-state index contributed by atoms with van der Waals surface area (Å²) in [4.78, 5) is 11.0. The lowest BCUT2D eigenvalue weighted by Crippen LogP contribution is -1.98. The van der Waals surface area contributed by atoms with Crippen molar-refractivity contribution in [1.29, 1.82) is 0 Å². The molecule has 16 heavy (non-hydrogen) atoms. The number of benzene rings is 1. The molecule has 86 valence electrons. The van der Waals surface area contributed by atoms with Gasteiger partial charge in [-0.3, -0.25) is 0 Å². The van der Waals surface area contributed by atoms with Crippen LogP contribution in [-0.2, 0) is 16.1 Å². The van der Waals surface area contributed by atoms with Gasteiger partial charge in [-0.1, -0.05) is 12.1 Å². The van der Waals surface area contributed by atoms with Crippen LogP contribution in [-0.4, -0.2) is 17.7 Å². The maximum absolute atomic E-state index is 13.2. The number of carbonyl (C=O) groups excluding carboxylic acids is 1. The molecule has 0 aliphatic heterocycles. The van der Waals surface area contributed by atoms with E-state index in [1.54, 1.807) is 13.0 Å². The van der Waals surface area contributed by atoms with Crippen molar-refractivity contribution in [1.82, 2.24) is 0 Å². The molecule has 1 N–H and O–H groups in total. The van der Waals surface area contributed by atoms with E-state index in [0.29, 0.717) is 12.2 Å². The van der Waals surface area contributed by atoms with Crippen LogP contribution in [0.15, 0.2) is 24.3 Å². The number of halogens is 1. The molecule has 0 atom stereocenters. The van der Waals surface area contributed by atoms with Crippen LogP contribution in [0.3, 0.4) is 0 Å². The topological polar surface area (TPSA) is 46.5 Å². The van der Waals surface area contributed by atoms with E-state index in [0.717, 1.165) is 0 Å². The fourth-order valence-electron chi connectivity index (χ4n) is 1.15. The van der Waals surface area contributed by atoms with E-state index < -0.39 is 11.8 Å². The van der Waals surface area contributed by atoms with Gasteiger partial charge in [0.15, 0.2) is 0 Å². The number of ether oxygens (including phenoxy) is 1. The summed E-state index contributed by atoms with van der Waals surface area (Å²) in [6.45, 7) is 1.68. The second-order valence-corrected chi connectivity index (χ2v) is 3.09. The second-order valence-electron chi connectivity index (χ2n) is 3.09. The molecule has 0 radical (unpaired) electrons. The molecular weight excluding hydrogens is 211 g/mol. The highest BCUT2D eigenvalue weighted by Crippen LogP contribution is 2.11. The van der Waals surface area contributed by atoms with Crippen LogP contribution in [0.1, 0.15) is 18.1 Å². The van der Waals surface area contributed by atoms with Crippen LogP contribution < -0.4 is 0 Å². The molecule has 1 aromatic carbocycles. The number of hydrogen-bond acceptors (Lipinski definition) is 3. The maximum atomic E-state index is 13.2. The molecule has 0 aliphatic carbocycles. The van der Waals surface area contributed by atoms with Gasteiger partial charge in [-0.15, -0.1) is 0 Å². The minimum Gasteiger partial charge on any atom is -0.463 e. The molecule has 0 spiro atoms. The zero-order chi connectivity index (χ0) is 12.0. The van der Waals surface area contributed by atoms with Gasteiger partial charge in [0.25, 0.3) is 0 Å². The van der Waals surface area contributed by atoms with Crippen molar-refractivity contribution in [3.8, 4) is 0 Å². The highest BCUT2D eigenvalue weighted by Gasteiger charge is 2.01. The first-order valence-corrected chi connectivity index (χ1v) is 4.91. The summed E-state index contributed by atoms with van der Waals surface area (Å²) in [5.41, 5.74) is 0.774. The predicted octanol–water partition coefficient (Wildman–Crippen LogP) is 1.89. The molecule has 0 aliphatic rings. The third kappa shape index (κ3) is 3.47. The molecule has 0 amide bonds. The largest absolute Gasteiger partial charge is 0.463 e. The zero-order valence-corrected chi connectivity index (χ0v) is 8.94. The zero-order valence-electron chi connectivity index (χ0n) is 8.94. The van der Waals surface area contributed by atoms with Crippen LogP contribution in [0, 0.1) is 5.82 Å². The van der Waals surface area contributed by atoms with Crippen molar-refractivity contribution in [3.63, 3.8) is 0 Å². The Labute approximate surface area is 93.2 Å². The van der Waals surface area contributed by atoms with Crippen molar-refractivity contribution < 1.29 is 19.0 Å². The van der Waals surface area contributed by atoms with Crippen molar-refractivity contribution in [3.05, 3.63) is 41.2 Å². The van der Waals surface area contributed by atoms with Gasteiger partial charge in [-0.25, -0.2) is 9.18 Å². The van der Waals surface area contributed by atoms with Crippen LogP contribution in [0.25, 0.3) is 6.08 Å². The molecule has 0 saturated heterocycles. The van der Waals surface area contributed by atoms with Crippen molar-refractivity contribution >= 4 is 12.0 Å². The first kappa shape index (κ1) is 12.4. The Balaban J connectivity index is 2.75. The summed E-state index contributed by atoms with van der Waals surface area (Å²) in [5.74, 6) is -0.956. The predicted molar refractivity (Wildman–Crippen MR) is 58.0 cm³/mol. The number of rotatable bonds is 4. The number of esters is 1. The third-order valence-corrected chi connectivity index (χ3v) is 1.95. The fourth-order valence-corrected chi connectivity index (χ4v) is 1.15. The molecule has 3 nitrogen and oxygen atoms in total. The van der Waals surface area contributed by atoms with E-state index in [-0.39, 0.29) is 12.2 Å². The average Bonchev–Trinajstić information content (AvgIpc) is 2.27. The Morgan fingerprint density at radius 1 is 1.56 bits per heavy atom. The standard InChI is InChI=1S/C12H13FO3/c1-2-16-12(15)6-4-9-3-5-10(8-14)11(13)7-9/h3-7,14H,2,8H2,1H3/b6-4+. The monoisotopic (exact) mass is 224 g/mol. The van der Waals surface area contributed by atoms with Gasteiger partial charge in [0.05, 0.1) is 13.2 Å². The van der Waals surface area contributed by atoms with Gasteiger partial charge in [-0.2, -0.15) is 0 Å². The van der Waals surface area contributed by atoms with Gasteiger partial charge in [0.2, 0.25) is 0 Å². The molecule has 1 rings (SSSR count). The SMILES string of the molecule is CCOC(=O)/C=C/c1ccc(CO)c(F)c1. The number of carbonyl (C=O) groups is 1. The van der Waals surface area contributed by atoms with Crippen molar-refractivity contribution in [2.75, 3.05) is 6.61 Å². The van der Waals surface area contributed by atoms with E-state index in [4.69, 9.17) is 5.11 Å². The molecule has 0 bridgehead atoms. The minimum absolute atomic E-state index is 0.230.